The Labute approximate surface area is 86.5 Å². The molecular weight excluding hydrogens is 288 g/mol. The number of hydrogen-bond acceptors (Lipinski definition) is 2. The van der Waals surface area contributed by atoms with Gasteiger partial charge in [-0.15, -0.1) is 11.3 Å². The summed E-state index contributed by atoms with van der Waals surface area (Å²) in [4.78, 5) is 0. The third-order valence-corrected chi connectivity index (χ3v) is 3.58. The van der Waals surface area contributed by atoms with E-state index in [0.29, 0.717) is 3.57 Å². The number of nitrogens with two attached hydrogens (primary N) is 1. The average Bonchev–Trinajstić information content (AvgIpc) is 2.48. The SMILES string of the molecule is Nc1cc2sccc2c(I)c1F. The van der Waals surface area contributed by atoms with Gasteiger partial charge >= 0.3 is 0 Å². The first kappa shape index (κ1) is 8.25. The fourth-order valence-corrected chi connectivity index (χ4v) is 2.87. The normalized spacial score (nSPS) is 10.8. The Hall–Kier alpha value is -0.360. The molecule has 2 aromatic rings. The number of nitrogen functional groups attached to an aromatic ring is 1. The maximum Gasteiger partial charge on any atom is 0.160 e. The van der Waals surface area contributed by atoms with Gasteiger partial charge in [0.15, 0.2) is 5.82 Å². The first-order valence-corrected chi connectivity index (χ1v) is 5.26. The second-order valence-corrected chi connectivity index (χ2v) is 4.45. The summed E-state index contributed by atoms with van der Waals surface area (Å²) in [5.41, 5.74) is 5.70. The number of anilines is 1. The zero-order valence-electron chi connectivity index (χ0n) is 5.97. The van der Waals surface area contributed by atoms with E-state index >= 15 is 0 Å². The third-order valence-electron chi connectivity index (χ3n) is 1.66. The highest BCUT2D eigenvalue weighted by atomic mass is 127. The van der Waals surface area contributed by atoms with Crippen molar-refractivity contribution in [1.29, 1.82) is 0 Å². The Kier molecular flexibility index (Phi) is 1.96. The predicted octanol–water partition coefficient (Wildman–Crippen LogP) is 3.23. The van der Waals surface area contributed by atoms with E-state index in [4.69, 9.17) is 5.73 Å². The molecule has 0 spiro atoms. The summed E-state index contributed by atoms with van der Waals surface area (Å²) in [6, 6.07) is 3.59. The molecule has 12 heavy (non-hydrogen) atoms. The van der Waals surface area contributed by atoms with E-state index in [2.05, 4.69) is 0 Å². The third kappa shape index (κ3) is 1.09. The summed E-state index contributed by atoms with van der Waals surface area (Å²) < 4.78 is 14.9. The van der Waals surface area contributed by atoms with Gasteiger partial charge < -0.3 is 5.73 Å². The quantitative estimate of drug-likeness (QED) is 0.586. The summed E-state index contributed by atoms with van der Waals surface area (Å²) in [5, 5.41) is 2.89. The Morgan fingerprint density at radius 3 is 3.00 bits per heavy atom. The lowest BCUT2D eigenvalue weighted by molar-refractivity contribution is 0.627. The van der Waals surface area contributed by atoms with Crippen LogP contribution < -0.4 is 5.73 Å². The van der Waals surface area contributed by atoms with Crippen LogP contribution >= 0.6 is 33.9 Å². The maximum atomic E-state index is 13.2. The van der Waals surface area contributed by atoms with Crippen LogP contribution in [0.25, 0.3) is 10.1 Å². The fourth-order valence-electron chi connectivity index (χ4n) is 1.06. The van der Waals surface area contributed by atoms with Crippen LogP contribution in [0.15, 0.2) is 17.5 Å². The minimum atomic E-state index is -0.304. The zero-order chi connectivity index (χ0) is 8.72. The van der Waals surface area contributed by atoms with Crippen molar-refractivity contribution in [1.82, 2.24) is 0 Å². The molecule has 1 aromatic carbocycles. The Bertz CT molecular complexity index is 438. The molecule has 1 nitrogen and oxygen atoms in total. The van der Waals surface area contributed by atoms with Gasteiger partial charge in [-0.3, -0.25) is 0 Å². The van der Waals surface area contributed by atoms with Gasteiger partial charge in [-0.1, -0.05) is 0 Å². The van der Waals surface area contributed by atoms with Crippen molar-refractivity contribution in [3.63, 3.8) is 0 Å². The Balaban J connectivity index is 2.94. The van der Waals surface area contributed by atoms with Crippen molar-refractivity contribution in [3.8, 4) is 0 Å². The topological polar surface area (TPSA) is 26.0 Å². The molecule has 0 aliphatic rings. The number of rotatable bonds is 0. The summed E-state index contributed by atoms with van der Waals surface area (Å²) >= 11 is 3.55. The Morgan fingerprint density at radius 2 is 2.25 bits per heavy atom. The number of hydrogen-bond donors (Lipinski definition) is 1. The number of fused-ring (bicyclic) bond motifs is 1. The molecule has 4 heteroatoms. The van der Waals surface area contributed by atoms with Gasteiger partial charge in [0.2, 0.25) is 0 Å². The van der Waals surface area contributed by atoms with Gasteiger partial charge in [0.05, 0.1) is 9.26 Å². The number of halogens is 2. The van der Waals surface area contributed by atoms with Crippen LogP contribution in [0.3, 0.4) is 0 Å². The van der Waals surface area contributed by atoms with E-state index < -0.39 is 0 Å². The molecule has 2 N–H and O–H groups in total. The smallest absolute Gasteiger partial charge is 0.160 e. The molecule has 2 rings (SSSR count). The van der Waals surface area contributed by atoms with E-state index in [1.165, 1.54) is 0 Å². The van der Waals surface area contributed by atoms with Crippen LogP contribution in [0.2, 0.25) is 0 Å². The van der Waals surface area contributed by atoms with Gasteiger partial charge in [0, 0.05) is 10.1 Å². The van der Waals surface area contributed by atoms with Crippen LogP contribution in [0.4, 0.5) is 10.1 Å². The molecule has 0 unspecified atom stereocenters. The molecule has 0 amide bonds. The first-order chi connectivity index (χ1) is 5.70. The van der Waals surface area contributed by atoms with E-state index in [-0.39, 0.29) is 11.5 Å². The maximum absolute atomic E-state index is 13.2. The molecule has 1 aromatic heterocycles. The summed E-state index contributed by atoms with van der Waals surface area (Å²) in [5.74, 6) is -0.304. The molecule has 0 radical (unpaired) electrons. The van der Waals surface area contributed by atoms with Crippen molar-refractivity contribution in [2.75, 3.05) is 5.73 Å². The molecule has 0 saturated carbocycles. The zero-order valence-corrected chi connectivity index (χ0v) is 8.95. The van der Waals surface area contributed by atoms with Crippen LogP contribution in [-0.4, -0.2) is 0 Å². The monoisotopic (exact) mass is 293 g/mol. The van der Waals surface area contributed by atoms with Crippen molar-refractivity contribution < 1.29 is 4.39 Å². The Morgan fingerprint density at radius 1 is 1.50 bits per heavy atom. The van der Waals surface area contributed by atoms with Crippen molar-refractivity contribution >= 4 is 49.7 Å². The minimum Gasteiger partial charge on any atom is -0.396 e. The van der Waals surface area contributed by atoms with Gasteiger partial charge in [-0.25, -0.2) is 4.39 Å². The van der Waals surface area contributed by atoms with E-state index in [1.807, 2.05) is 34.0 Å². The van der Waals surface area contributed by atoms with Gasteiger partial charge in [0.1, 0.15) is 0 Å². The van der Waals surface area contributed by atoms with E-state index in [9.17, 15) is 4.39 Å². The molecule has 0 saturated heterocycles. The fraction of sp³-hybridized carbons (Fsp3) is 0. The van der Waals surface area contributed by atoms with Crippen molar-refractivity contribution in [2.45, 2.75) is 0 Å². The first-order valence-electron chi connectivity index (χ1n) is 3.31. The number of benzene rings is 1. The standard InChI is InChI=1S/C8H5FINS/c9-7-5(11)3-6-4(8(7)10)1-2-12-6/h1-3H,11H2. The largest absolute Gasteiger partial charge is 0.396 e. The highest BCUT2D eigenvalue weighted by molar-refractivity contribution is 14.1. The van der Waals surface area contributed by atoms with Crippen molar-refractivity contribution in [3.05, 3.63) is 26.9 Å². The average molecular weight is 293 g/mol. The molecular formula is C8H5FINS. The van der Waals surface area contributed by atoms with Crippen molar-refractivity contribution in [2.24, 2.45) is 0 Å². The lowest BCUT2D eigenvalue weighted by Crippen LogP contribution is -1.92. The highest BCUT2D eigenvalue weighted by Crippen LogP contribution is 2.30. The highest BCUT2D eigenvalue weighted by Gasteiger charge is 2.08. The van der Waals surface area contributed by atoms with E-state index in [1.54, 1.807) is 17.4 Å². The minimum absolute atomic E-state index is 0.231. The lowest BCUT2D eigenvalue weighted by Gasteiger charge is -2.00. The molecule has 0 atom stereocenters. The van der Waals surface area contributed by atoms with Crippen LogP contribution in [0.5, 0.6) is 0 Å². The van der Waals surface area contributed by atoms with Gasteiger partial charge in [-0.05, 0) is 40.1 Å². The van der Waals surface area contributed by atoms with Gasteiger partial charge in [0.25, 0.3) is 0 Å². The second kappa shape index (κ2) is 2.85. The summed E-state index contributed by atoms with van der Waals surface area (Å²) in [6.45, 7) is 0. The molecule has 0 fully saturated rings. The van der Waals surface area contributed by atoms with Crippen LogP contribution in [0.1, 0.15) is 0 Å². The molecule has 0 bridgehead atoms. The second-order valence-electron chi connectivity index (χ2n) is 2.43. The molecule has 0 aliphatic carbocycles. The molecule has 0 aliphatic heterocycles. The van der Waals surface area contributed by atoms with Crippen LogP contribution in [-0.2, 0) is 0 Å². The lowest BCUT2D eigenvalue weighted by atomic mass is 10.2. The van der Waals surface area contributed by atoms with Crippen LogP contribution in [0, 0.1) is 9.39 Å². The number of thiophene rings is 1. The molecule has 1 heterocycles. The van der Waals surface area contributed by atoms with E-state index in [0.717, 1.165) is 10.1 Å². The summed E-state index contributed by atoms with van der Waals surface area (Å²) in [6.07, 6.45) is 0. The van der Waals surface area contributed by atoms with Gasteiger partial charge in [-0.2, -0.15) is 0 Å². The molecule has 62 valence electrons. The predicted molar refractivity (Wildman–Crippen MR) is 58.9 cm³/mol. The summed E-state index contributed by atoms with van der Waals surface area (Å²) in [7, 11) is 0.